The molecule has 1 aliphatic heterocycles. The Balaban J connectivity index is 0.00000144. The van der Waals surface area contributed by atoms with Crippen LogP contribution >= 0.6 is 12.4 Å². The van der Waals surface area contributed by atoms with Gasteiger partial charge in [0.2, 0.25) is 0 Å². The first kappa shape index (κ1) is 12.7. The highest BCUT2D eigenvalue weighted by Gasteiger charge is 2.31. The lowest BCUT2D eigenvalue weighted by Gasteiger charge is -2.29. The third-order valence-electron chi connectivity index (χ3n) is 2.29. The van der Waals surface area contributed by atoms with Gasteiger partial charge in [-0.3, -0.25) is 4.79 Å². The van der Waals surface area contributed by atoms with Gasteiger partial charge < -0.3 is 10.4 Å². The van der Waals surface area contributed by atoms with Crippen molar-refractivity contribution < 1.29 is 14.3 Å². The first-order valence-corrected chi connectivity index (χ1v) is 4.24. The normalized spacial score (nSPS) is 20.4. The summed E-state index contributed by atoms with van der Waals surface area (Å²) in [6.45, 7) is 1.33. The Bertz CT molecular complexity index is 172. The maximum absolute atomic E-state index is 13.6. The molecule has 0 saturated carbocycles. The topological polar surface area (TPSA) is 49.3 Å². The van der Waals surface area contributed by atoms with Crippen molar-refractivity contribution in [1.29, 1.82) is 0 Å². The summed E-state index contributed by atoms with van der Waals surface area (Å²) in [5.74, 6) is -0.912. The van der Waals surface area contributed by atoms with E-state index in [2.05, 4.69) is 5.32 Å². The SMILES string of the molecule is Cl.O=C(O)CCC1(F)CCNCC1. The quantitative estimate of drug-likeness (QED) is 0.741. The van der Waals surface area contributed by atoms with Crippen molar-refractivity contribution in [1.82, 2.24) is 5.32 Å². The molecule has 13 heavy (non-hydrogen) atoms. The van der Waals surface area contributed by atoms with Crippen LogP contribution in [0.1, 0.15) is 25.7 Å². The van der Waals surface area contributed by atoms with Crippen LogP contribution < -0.4 is 5.32 Å². The Hall–Kier alpha value is -0.350. The smallest absolute Gasteiger partial charge is 0.303 e. The van der Waals surface area contributed by atoms with Crippen LogP contribution in [0.25, 0.3) is 0 Å². The van der Waals surface area contributed by atoms with Crippen LogP contribution in [-0.4, -0.2) is 29.8 Å². The first-order chi connectivity index (χ1) is 5.62. The summed E-state index contributed by atoms with van der Waals surface area (Å²) in [7, 11) is 0. The molecule has 5 heteroatoms. The molecule has 1 fully saturated rings. The molecule has 0 spiro atoms. The van der Waals surface area contributed by atoms with Crippen molar-refractivity contribution in [2.45, 2.75) is 31.4 Å². The zero-order chi connectivity index (χ0) is 9.03. The summed E-state index contributed by atoms with van der Waals surface area (Å²) in [6.07, 6.45) is 0.987. The van der Waals surface area contributed by atoms with E-state index in [1.165, 1.54) is 0 Å². The van der Waals surface area contributed by atoms with Gasteiger partial charge >= 0.3 is 5.97 Å². The fourth-order valence-corrected chi connectivity index (χ4v) is 1.46. The highest BCUT2D eigenvalue weighted by atomic mass is 35.5. The minimum Gasteiger partial charge on any atom is -0.481 e. The number of nitrogens with one attached hydrogen (secondary N) is 1. The maximum atomic E-state index is 13.6. The molecule has 0 aromatic carbocycles. The van der Waals surface area contributed by atoms with E-state index in [4.69, 9.17) is 5.11 Å². The molecule has 2 N–H and O–H groups in total. The van der Waals surface area contributed by atoms with Crippen LogP contribution in [0.15, 0.2) is 0 Å². The Kier molecular flexibility index (Phi) is 5.25. The van der Waals surface area contributed by atoms with Gasteiger partial charge in [-0.2, -0.15) is 0 Å². The lowest BCUT2D eigenvalue weighted by molar-refractivity contribution is -0.138. The largest absolute Gasteiger partial charge is 0.481 e. The number of halogens is 2. The van der Waals surface area contributed by atoms with E-state index < -0.39 is 11.6 Å². The average Bonchev–Trinajstić information content (AvgIpc) is 2.03. The number of carboxylic acid groups (broad SMARTS) is 1. The molecular formula is C8H15ClFNO2. The maximum Gasteiger partial charge on any atom is 0.303 e. The van der Waals surface area contributed by atoms with Crippen molar-refractivity contribution in [3.05, 3.63) is 0 Å². The molecule has 1 rings (SSSR count). The molecule has 0 amide bonds. The van der Waals surface area contributed by atoms with E-state index in [9.17, 15) is 9.18 Å². The van der Waals surface area contributed by atoms with Crippen LogP contribution in [0.3, 0.4) is 0 Å². The fourth-order valence-electron chi connectivity index (χ4n) is 1.46. The van der Waals surface area contributed by atoms with E-state index in [-0.39, 0.29) is 25.2 Å². The number of piperidine rings is 1. The second-order valence-corrected chi connectivity index (χ2v) is 3.29. The molecule has 1 saturated heterocycles. The standard InChI is InChI=1S/C8H14FNO2.ClH/c9-8(2-1-7(11)12)3-5-10-6-4-8;/h10H,1-6H2,(H,11,12);1H. The molecular weight excluding hydrogens is 197 g/mol. The number of carbonyl (C=O) groups is 1. The molecule has 0 radical (unpaired) electrons. The van der Waals surface area contributed by atoms with E-state index in [1.807, 2.05) is 0 Å². The minimum absolute atomic E-state index is 0. The minimum atomic E-state index is -1.23. The summed E-state index contributed by atoms with van der Waals surface area (Å²) in [5, 5.41) is 11.4. The zero-order valence-electron chi connectivity index (χ0n) is 7.38. The molecule has 0 atom stereocenters. The van der Waals surface area contributed by atoms with Crippen LogP contribution in [0.2, 0.25) is 0 Å². The summed E-state index contributed by atoms with van der Waals surface area (Å²) in [4.78, 5) is 10.2. The average molecular weight is 212 g/mol. The number of rotatable bonds is 3. The molecule has 0 aliphatic carbocycles. The third kappa shape index (κ3) is 4.43. The lowest BCUT2D eigenvalue weighted by Crippen LogP contribution is -2.38. The van der Waals surface area contributed by atoms with Crippen LogP contribution in [-0.2, 0) is 4.79 Å². The number of aliphatic carboxylic acids is 1. The number of hydrogen-bond acceptors (Lipinski definition) is 2. The first-order valence-electron chi connectivity index (χ1n) is 4.24. The summed E-state index contributed by atoms with van der Waals surface area (Å²) >= 11 is 0. The monoisotopic (exact) mass is 211 g/mol. The van der Waals surface area contributed by atoms with Crippen molar-refractivity contribution in [3.8, 4) is 0 Å². The summed E-state index contributed by atoms with van der Waals surface area (Å²) in [6, 6.07) is 0. The van der Waals surface area contributed by atoms with Crippen molar-refractivity contribution in [2.24, 2.45) is 0 Å². The molecule has 0 bridgehead atoms. The van der Waals surface area contributed by atoms with Crippen LogP contribution in [0.4, 0.5) is 4.39 Å². The third-order valence-corrected chi connectivity index (χ3v) is 2.29. The Morgan fingerprint density at radius 1 is 1.46 bits per heavy atom. The van der Waals surface area contributed by atoms with Crippen LogP contribution in [0, 0.1) is 0 Å². The Morgan fingerprint density at radius 2 is 2.00 bits per heavy atom. The molecule has 78 valence electrons. The van der Waals surface area contributed by atoms with Gasteiger partial charge in [-0.15, -0.1) is 12.4 Å². The molecule has 3 nitrogen and oxygen atoms in total. The van der Waals surface area contributed by atoms with E-state index in [1.54, 1.807) is 0 Å². The zero-order valence-corrected chi connectivity index (χ0v) is 8.20. The van der Waals surface area contributed by atoms with Crippen molar-refractivity contribution in [3.63, 3.8) is 0 Å². The summed E-state index contributed by atoms with van der Waals surface area (Å²) < 4.78 is 13.6. The Labute approximate surface area is 83.1 Å². The van der Waals surface area contributed by atoms with Crippen molar-refractivity contribution in [2.75, 3.05) is 13.1 Å². The highest BCUT2D eigenvalue weighted by Crippen LogP contribution is 2.28. The number of alkyl halides is 1. The summed E-state index contributed by atoms with van der Waals surface area (Å²) in [5.41, 5.74) is -1.23. The lowest BCUT2D eigenvalue weighted by atomic mass is 9.90. The van der Waals surface area contributed by atoms with Crippen molar-refractivity contribution >= 4 is 18.4 Å². The highest BCUT2D eigenvalue weighted by molar-refractivity contribution is 5.85. The molecule has 0 aromatic rings. The second-order valence-electron chi connectivity index (χ2n) is 3.29. The van der Waals surface area contributed by atoms with Gasteiger partial charge in [-0.1, -0.05) is 0 Å². The van der Waals surface area contributed by atoms with E-state index in [0.717, 1.165) is 0 Å². The molecule has 1 aliphatic rings. The van der Waals surface area contributed by atoms with E-state index >= 15 is 0 Å². The number of carboxylic acids is 1. The van der Waals surface area contributed by atoms with Gasteiger partial charge in [0.15, 0.2) is 0 Å². The molecule has 1 heterocycles. The van der Waals surface area contributed by atoms with Gasteiger partial charge in [-0.05, 0) is 32.4 Å². The van der Waals surface area contributed by atoms with E-state index in [0.29, 0.717) is 25.9 Å². The van der Waals surface area contributed by atoms with Gasteiger partial charge in [0.25, 0.3) is 0 Å². The van der Waals surface area contributed by atoms with Gasteiger partial charge in [0.05, 0.1) is 0 Å². The number of hydrogen-bond donors (Lipinski definition) is 2. The predicted octanol–water partition coefficient (Wildman–Crippen LogP) is 1.36. The van der Waals surface area contributed by atoms with Gasteiger partial charge in [0.1, 0.15) is 5.67 Å². The van der Waals surface area contributed by atoms with Gasteiger partial charge in [0, 0.05) is 6.42 Å². The van der Waals surface area contributed by atoms with Gasteiger partial charge in [-0.25, -0.2) is 4.39 Å². The Morgan fingerprint density at radius 3 is 2.46 bits per heavy atom. The van der Waals surface area contributed by atoms with Crippen LogP contribution in [0.5, 0.6) is 0 Å². The predicted molar refractivity (Wildman–Crippen MR) is 50.1 cm³/mol. The second kappa shape index (κ2) is 5.40. The molecule has 0 unspecified atom stereocenters. The fraction of sp³-hybridized carbons (Fsp3) is 0.875. The molecule has 0 aromatic heterocycles.